The van der Waals surface area contributed by atoms with E-state index in [1.165, 1.54) is 29.9 Å². The molecule has 0 fully saturated rings. The summed E-state index contributed by atoms with van der Waals surface area (Å²) in [6.45, 7) is 2.02. The second kappa shape index (κ2) is 9.89. The molecule has 10 nitrogen and oxygen atoms in total. The minimum Gasteiger partial charge on any atom is -0.452 e. The first-order valence-corrected chi connectivity index (χ1v) is 11.8. The minimum absolute atomic E-state index is 0.0716. The zero-order chi connectivity index (χ0) is 27.9. The van der Waals surface area contributed by atoms with Gasteiger partial charge in [-0.05, 0) is 24.6 Å². The maximum Gasteiger partial charge on any atom is 0.573 e. The maximum absolute atomic E-state index is 13.8. The van der Waals surface area contributed by atoms with Crippen molar-refractivity contribution in [3.8, 4) is 11.5 Å². The number of rotatable bonds is 7. The van der Waals surface area contributed by atoms with E-state index in [2.05, 4.69) is 9.89 Å². The molecule has 0 saturated carbocycles. The van der Waals surface area contributed by atoms with Crippen LogP contribution < -0.4 is 30.5 Å². The van der Waals surface area contributed by atoms with Crippen LogP contribution in [-0.4, -0.2) is 34.1 Å². The first-order chi connectivity index (χ1) is 18.5. The summed E-state index contributed by atoms with van der Waals surface area (Å²) < 4.78 is 56.0. The highest BCUT2D eigenvalue weighted by molar-refractivity contribution is 5.73. The zero-order valence-corrected chi connectivity index (χ0v) is 21.2. The number of benzene rings is 2. The van der Waals surface area contributed by atoms with Crippen LogP contribution in [0.15, 0.2) is 74.9 Å². The molecule has 0 aliphatic carbocycles. The summed E-state index contributed by atoms with van der Waals surface area (Å²) in [4.78, 5) is 30.3. The number of fused-ring (bicyclic) bond motifs is 1. The van der Waals surface area contributed by atoms with Crippen molar-refractivity contribution in [1.29, 1.82) is 0 Å². The molecule has 1 atom stereocenters. The van der Waals surface area contributed by atoms with E-state index in [1.807, 2.05) is 31.2 Å². The third-order valence-electron chi connectivity index (χ3n) is 6.27. The smallest absolute Gasteiger partial charge is 0.452 e. The largest absolute Gasteiger partial charge is 0.573 e. The molecule has 13 heteroatoms. The van der Waals surface area contributed by atoms with Crippen LogP contribution >= 0.6 is 0 Å². The average molecular weight is 544 g/mol. The van der Waals surface area contributed by atoms with Crippen LogP contribution in [0.25, 0.3) is 0 Å². The monoisotopic (exact) mass is 543 g/mol. The number of nitrogens with zero attached hydrogens (tertiary/aromatic N) is 5. The molecule has 0 radical (unpaired) electrons. The van der Waals surface area contributed by atoms with Crippen molar-refractivity contribution in [2.24, 2.45) is 7.05 Å². The van der Waals surface area contributed by atoms with Gasteiger partial charge in [0.1, 0.15) is 23.0 Å². The van der Waals surface area contributed by atoms with Crippen LogP contribution in [0.5, 0.6) is 11.5 Å². The second-order valence-electron chi connectivity index (χ2n) is 9.08. The van der Waals surface area contributed by atoms with Crippen LogP contribution in [0.4, 0.5) is 24.7 Å². The molecule has 2 aromatic carbocycles. The van der Waals surface area contributed by atoms with E-state index in [-0.39, 0.29) is 24.5 Å². The quantitative estimate of drug-likeness (QED) is 0.349. The topological polar surface area (TPSA) is 95.0 Å². The molecule has 0 saturated heterocycles. The van der Waals surface area contributed by atoms with E-state index < -0.39 is 29.7 Å². The lowest BCUT2D eigenvalue weighted by molar-refractivity contribution is -0.274. The van der Waals surface area contributed by atoms with Crippen molar-refractivity contribution in [3.63, 3.8) is 0 Å². The number of anilines is 2. The Morgan fingerprint density at radius 3 is 2.38 bits per heavy atom. The molecule has 3 heterocycles. The molecule has 0 spiro atoms. The van der Waals surface area contributed by atoms with Crippen LogP contribution in [0.3, 0.4) is 0 Å². The molecule has 1 aliphatic rings. The molecule has 4 aromatic rings. The van der Waals surface area contributed by atoms with Gasteiger partial charge in [0.05, 0.1) is 12.7 Å². The van der Waals surface area contributed by atoms with E-state index in [9.17, 15) is 22.8 Å². The van der Waals surface area contributed by atoms with Crippen LogP contribution in [0.1, 0.15) is 16.9 Å². The Morgan fingerprint density at radius 2 is 1.72 bits per heavy atom. The van der Waals surface area contributed by atoms with Gasteiger partial charge >= 0.3 is 12.1 Å². The Morgan fingerprint density at radius 1 is 1.00 bits per heavy atom. The lowest BCUT2D eigenvalue weighted by Gasteiger charge is -2.30. The van der Waals surface area contributed by atoms with Crippen LogP contribution in [0, 0.1) is 6.92 Å². The minimum atomic E-state index is -4.87. The van der Waals surface area contributed by atoms with Gasteiger partial charge in [-0.15, -0.1) is 13.2 Å². The van der Waals surface area contributed by atoms with Gasteiger partial charge in [0.25, 0.3) is 11.9 Å². The summed E-state index contributed by atoms with van der Waals surface area (Å²) in [7, 11) is 3.16. The number of hydrogen-bond donors (Lipinski definition) is 0. The Balaban J connectivity index is 1.59. The van der Waals surface area contributed by atoms with E-state index in [1.54, 1.807) is 22.9 Å². The zero-order valence-electron chi connectivity index (χ0n) is 21.2. The standard InChI is InChI=1S/C26H24F3N5O5/c1-16-7-9-17(10-8-16)14-33-21-22(31(2)24(36)34(23(21)35)15-20-11-12-30-39-20)32(3)25(33)37-18-5-4-6-19(13-18)38-26(27,28)29/h4-13,25H,14-15H2,1-3H3. The number of halogens is 3. The van der Waals surface area contributed by atoms with Gasteiger partial charge in [-0.3, -0.25) is 13.9 Å². The Labute approximate surface area is 220 Å². The van der Waals surface area contributed by atoms with E-state index in [0.717, 1.165) is 27.8 Å². The molecule has 1 aliphatic heterocycles. The molecular weight excluding hydrogens is 519 g/mol. The van der Waals surface area contributed by atoms with Gasteiger partial charge in [-0.2, -0.15) is 0 Å². The van der Waals surface area contributed by atoms with Gasteiger partial charge in [0, 0.05) is 32.8 Å². The molecule has 0 N–H and O–H groups in total. The highest BCUT2D eigenvalue weighted by Gasteiger charge is 2.41. The molecule has 0 amide bonds. The lowest BCUT2D eigenvalue weighted by Crippen LogP contribution is -2.46. The molecule has 1 unspecified atom stereocenters. The number of aromatic nitrogens is 3. The van der Waals surface area contributed by atoms with Crippen molar-refractivity contribution in [2.75, 3.05) is 16.8 Å². The molecule has 2 aromatic heterocycles. The molecule has 0 bridgehead atoms. The van der Waals surface area contributed by atoms with Crippen molar-refractivity contribution in [3.05, 3.63) is 98.5 Å². The van der Waals surface area contributed by atoms with Gasteiger partial charge in [0.15, 0.2) is 5.76 Å². The second-order valence-corrected chi connectivity index (χ2v) is 9.08. The molecule has 5 rings (SSSR count). The summed E-state index contributed by atoms with van der Waals surface area (Å²) in [5, 5.41) is 3.63. The Bertz CT molecular complexity index is 1600. The summed E-state index contributed by atoms with van der Waals surface area (Å²) >= 11 is 0. The fourth-order valence-electron chi connectivity index (χ4n) is 4.50. The maximum atomic E-state index is 13.8. The first-order valence-electron chi connectivity index (χ1n) is 11.8. The highest BCUT2D eigenvalue weighted by Crippen LogP contribution is 2.37. The number of alkyl halides is 3. The third kappa shape index (κ3) is 5.19. The number of aryl methyl sites for hydroxylation is 1. The van der Waals surface area contributed by atoms with Crippen LogP contribution in [0.2, 0.25) is 0 Å². The third-order valence-corrected chi connectivity index (χ3v) is 6.27. The van der Waals surface area contributed by atoms with Crippen molar-refractivity contribution in [2.45, 2.75) is 32.7 Å². The molecule has 204 valence electrons. The van der Waals surface area contributed by atoms with E-state index in [0.29, 0.717) is 11.6 Å². The fourth-order valence-corrected chi connectivity index (χ4v) is 4.50. The van der Waals surface area contributed by atoms with Crippen LogP contribution in [-0.2, 0) is 20.1 Å². The SMILES string of the molecule is Cc1ccc(CN2c3c(n(C)c(=O)n(Cc4ccno4)c3=O)N(C)C2Oc2cccc(OC(F)(F)F)c2)cc1. The average Bonchev–Trinajstić information content (AvgIpc) is 3.48. The predicted molar refractivity (Wildman–Crippen MR) is 135 cm³/mol. The van der Waals surface area contributed by atoms with E-state index >= 15 is 0 Å². The van der Waals surface area contributed by atoms with Crippen molar-refractivity contribution in [1.82, 2.24) is 14.3 Å². The Kier molecular flexibility index (Phi) is 6.58. The van der Waals surface area contributed by atoms with Crippen molar-refractivity contribution < 1.29 is 27.2 Å². The highest BCUT2D eigenvalue weighted by atomic mass is 19.4. The lowest BCUT2D eigenvalue weighted by atomic mass is 10.1. The first kappa shape index (κ1) is 25.9. The number of hydrogen-bond acceptors (Lipinski definition) is 8. The number of ether oxygens (including phenoxy) is 2. The molecule has 39 heavy (non-hydrogen) atoms. The van der Waals surface area contributed by atoms with Gasteiger partial charge in [-0.1, -0.05) is 41.1 Å². The summed E-state index contributed by atoms with van der Waals surface area (Å²) in [5.74, 6) is 0.228. The normalized spacial score (nSPS) is 15.0. The molecular formula is C26H24F3N5O5. The van der Waals surface area contributed by atoms with Gasteiger partial charge < -0.3 is 23.8 Å². The van der Waals surface area contributed by atoms with Gasteiger partial charge in [0.2, 0.25) is 0 Å². The predicted octanol–water partition coefficient (Wildman–Crippen LogP) is 3.61. The Hall–Kier alpha value is -4.68. The van der Waals surface area contributed by atoms with E-state index in [4.69, 9.17) is 9.26 Å². The van der Waals surface area contributed by atoms with Gasteiger partial charge in [-0.25, -0.2) is 4.79 Å². The fraction of sp³-hybridized carbons (Fsp3) is 0.269. The summed E-state index contributed by atoms with van der Waals surface area (Å²) in [5.41, 5.74) is 0.915. The summed E-state index contributed by atoms with van der Waals surface area (Å²) in [6, 6.07) is 14.3. The summed E-state index contributed by atoms with van der Waals surface area (Å²) in [6.07, 6.45) is -4.44. The van der Waals surface area contributed by atoms with Crippen molar-refractivity contribution >= 4 is 11.5 Å².